The third-order valence-electron chi connectivity index (χ3n) is 5.26. The summed E-state index contributed by atoms with van der Waals surface area (Å²) in [5.74, 6) is 0.548. The van der Waals surface area contributed by atoms with Gasteiger partial charge in [-0.15, -0.1) is 11.3 Å². The van der Waals surface area contributed by atoms with Crippen molar-refractivity contribution in [2.24, 2.45) is 5.92 Å². The van der Waals surface area contributed by atoms with Gasteiger partial charge in [0.05, 0.1) is 18.8 Å². The van der Waals surface area contributed by atoms with Crippen molar-refractivity contribution in [3.05, 3.63) is 75.9 Å². The predicted octanol–water partition coefficient (Wildman–Crippen LogP) is 5.07. The summed E-state index contributed by atoms with van der Waals surface area (Å²) in [6.45, 7) is 2.48. The summed E-state index contributed by atoms with van der Waals surface area (Å²) in [6, 6.07) is 12.4. The van der Waals surface area contributed by atoms with Gasteiger partial charge in [0, 0.05) is 11.4 Å². The molecule has 4 rings (SSSR count). The van der Waals surface area contributed by atoms with Gasteiger partial charge in [0.2, 0.25) is 0 Å². The molecule has 1 heterocycles. The molecule has 0 aliphatic heterocycles. The third-order valence-corrected chi connectivity index (χ3v) is 6.27. The highest BCUT2D eigenvalue weighted by atomic mass is 32.1. The lowest BCUT2D eigenvalue weighted by atomic mass is 10.0. The molecule has 30 heavy (non-hydrogen) atoms. The normalized spacial score (nSPS) is 13.3. The third kappa shape index (κ3) is 4.71. The molecule has 1 aliphatic rings. The summed E-state index contributed by atoms with van der Waals surface area (Å²) < 4.78 is 19.7. The smallest absolute Gasteiger partial charge is 0.255 e. The highest BCUT2D eigenvalue weighted by Gasteiger charge is 2.23. The fourth-order valence-electron chi connectivity index (χ4n) is 3.20. The van der Waals surface area contributed by atoms with Crippen molar-refractivity contribution in [3.8, 4) is 16.2 Å². The van der Waals surface area contributed by atoms with E-state index >= 15 is 0 Å². The van der Waals surface area contributed by atoms with E-state index in [1.54, 1.807) is 25.1 Å². The molecule has 2 aromatic carbocycles. The lowest BCUT2D eigenvalue weighted by Gasteiger charge is -2.14. The number of hydrogen-bond acceptors (Lipinski definition) is 4. The fourth-order valence-corrected chi connectivity index (χ4v) is 4.12. The maximum absolute atomic E-state index is 13.8. The van der Waals surface area contributed by atoms with E-state index in [1.807, 2.05) is 23.6 Å². The Morgan fingerprint density at radius 1 is 1.23 bits per heavy atom. The van der Waals surface area contributed by atoms with Gasteiger partial charge >= 0.3 is 0 Å². The second-order valence-electron chi connectivity index (χ2n) is 7.66. The van der Waals surface area contributed by atoms with E-state index in [0.717, 1.165) is 28.8 Å². The first kappa shape index (κ1) is 20.6. The van der Waals surface area contributed by atoms with Crippen molar-refractivity contribution in [3.63, 3.8) is 0 Å². The van der Waals surface area contributed by atoms with Crippen LogP contribution in [0.15, 0.2) is 47.8 Å². The Morgan fingerprint density at radius 3 is 2.80 bits per heavy atom. The quantitative estimate of drug-likeness (QED) is 0.530. The number of rotatable bonds is 8. The maximum Gasteiger partial charge on any atom is 0.255 e. The average Bonchev–Trinajstić information content (AvgIpc) is 3.47. The molecule has 0 bridgehead atoms. The minimum absolute atomic E-state index is 0.0563. The largest absolute Gasteiger partial charge is 0.492 e. The van der Waals surface area contributed by atoms with Crippen molar-refractivity contribution >= 4 is 17.2 Å². The van der Waals surface area contributed by atoms with Crippen LogP contribution in [0.2, 0.25) is 0 Å². The van der Waals surface area contributed by atoms with E-state index in [2.05, 4.69) is 5.32 Å². The number of benzene rings is 2. The number of carbonyl (C=O) groups is 1. The van der Waals surface area contributed by atoms with E-state index in [-0.39, 0.29) is 24.9 Å². The molecule has 4 nitrogen and oxygen atoms in total. The van der Waals surface area contributed by atoms with Crippen LogP contribution in [0.5, 0.6) is 5.75 Å². The predicted molar refractivity (Wildman–Crippen MR) is 116 cm³/mol. The number of aryl methyl sites for hydroxylation is 1. The molecule has 1 amide bonds. The number of halogens is 1. The summed E-state index contributed by atoms with van der Waals surface area (Å²) in [5, 5.41) is 14.4. The second-order valence-corrected chi connectivity index (χ2v) is 8.58. The molecule has 1 fully saturated rings. The van der Waals surface area contributed by atoms with Crippen LogP contribution in [-0.2, 0) is 13.2 Å². The number of amides is 1. The zero-order valence-corrected chi connectivity index (χ0v) is 17.6. The van der Waals surface area contributed by atoms with Gasteiger partial charge in [0.15, 0.2) is 0 Å². The van der Waals surface area contributed by atoms with Crippen molar-refractivity contribution < 1.29 is 19.0 Å². The summed E-state index contributed by atoms with van der Waals surface area (Å²) in [6.07, 6.45) is 2.32. The van der Waals surface area contributed by atoms with Crippen LogP contribution in [0.4, 0.5) is 4.39 Å². The monoisotopic (exact) mass is 425 g/mol. The van der Waals surface area contributed by atoms with E-state index in [4.69, 9.17) is 4.74 Å². The number of hydrogen-bond donors (Lipinski definition) is 2. The second kappa shape index (κ2) is 8.98. The summed E-state index contributed by atoms with van der Waals surface area (Å²) in [5.41, 5.74) is 3.40. The molecule has 0 radical (unpaired) electrons. The Kier molecular flexibility index (Phi) is 6.16. The Hall–Kier alpha value is -2.70. The Bertz CT molecular complexity index is 1060. The van der Waals surface area contributed by atoms with Gasteiger partial charge in [0.25, 0.3) is 5.91 Å². The molecule has 3 aromatic rings. The van der Waals surface area contributed by atoms with Crippen LogP contribution in [-0.4, -0.2) is 17.6 Å². The first-order valence-electron chi connectivity index (χ1n) is 10.0. The average molecular weight is 426 g/mol. The van der Waals surface area contributed by atoms with Crippen molar-refractivity contribution in [2.75, 3.05) is 6.61 Å². The molecule has 0 saturated heterocycles. The van der Waals surface area contributed by atoms with Crippen molar-refractivity contribution in [2.45, 2.75) is 32.9 Å². The Balaban J connectivity index is 1.57. The minimum Gasteiger partial charge on any atom is -0.492 e. The van der Waals surface area contributed by atoms with Gasteiger partial charge in [0.1, 0.15) is 11.6 Å². The van der Waals surface area contributed by atoms with Crippen LogP contribution in [0.3, 0.4) is 0 Å². The minimum atomic E-state index is -0.286. The van der Waals surface area contributed by atoms with Crippen LogP contribution in [0.25, 0.3) is 10.4 Å². The van der Waals surface area contributed by atoms with E-state index in [1.165, 1.54) is 17.4 Å². The molecule has 6 heteroatoms. The van der Waals surface area contributed by atoms with E-state index in [0.29, 0.717) is 35.0 Å². The molecule has 0 unspecified atom stereocenters. The molecule has 156 valence electrons. The maximum atomic E-state index is 13.8. The van der Waals surface area contributed by atoms with Crippen LogP contribution < -0.4 is 10.1 Å². The number of nitrogens with one attached hydrogen (secondary N) is 1. The van der Waals surface area contributed by atoms with Gasteiger partial charge in [-0.3, -0.25) is 4.79 Å². The molecular weight excluding hydrogens is 401 g/mol. The van der Waals surface area contributed by atoms with Crippen LogP contribution in [0.1, 0.15) is 39.9 Å². The number of aliphatic hydroxyl groups is 1. The zero-order valence-electron chi connectivity index (χ0n) is 16.8. The number of carbonyl (C=O) groups excluding carboxylic acids is 1. The highest BCUT2D eigenvalue weighted by Crippen LogP contribution is 2.34. The zero-order chi connectivity index (χ0) is 21.1. The highest BCUT2D eigenvalue weighted by molar-refractivity contribution is 7.13. The Morgan fingerprint density at radius 2 is 2.07 bits per heavy atom. The molecular formula is C24H24FNO3S. The molecule has 0 spiro atoms. The lowest BCUT2D eigenvalue weighted by molar-refractivity contribution is 0.0946. The van der Waals surface area contributed by atoms with Crippen LogP contribution in [0, 0.1) is 18.7 Å². The molecule has 2 N–H and O–H groups in total. The fraction of sp³-hybridized carbons (Fsp3) is 0.292. The first-order valence-corrected chi connectivity index (χ1v) is 10.9. The van der Waals surface area contributed by atoms with Gasteiger partial charge < -0.3 is 15.2 Å². The van der Waals surface area contributed by atoms with Crippen LogP contribution >= 0.6 is 11.3 Å². The SMILES string of the molecule is Cc1ccc(CNC(=O)c2cc(-c3sccc3CO)ccc2OCC2CC2)cc1F. The van der Waals surface area contributed by atoms with Gasteiger partial charge in [-0.25, -0.2) is 4.39 Å². The first-order chi connectivity index (χ1) is 14.5. The van der Waals surface area contributed by atoms with Crippen molar-refractivity contribution in [1.82, 2.24) is 5.32 Å². The van der Waals surface area contributed by atoms with Crippen molar-refractivity contribution in [1.29, 1.82) is 0 Å². The Labute approximate surface area is 179 Å². The van der Waals surface area contributed by atoms with Gasteiger partial charge in [-0.2, -0.15) is 0 Å². The molecule has 1 saturated carbocycles. The van der Waals surface area contributed by atoms with Gasteiger partial charge in [-0.05, 0) is 83.6 Å². The standard InChI is InChI=1S/C24H24FNO3S/c1-15-2-3-17(10-21(15)25)12-26-24(28)20-11-18(23-19(13-27)8-9-30-23)6-7-22(20)29-14-16-4-5-16/h2-3,6-11,16,27H,4-5,12-14H2,1H3,(H,26,28). The number of ether oxygens (including phenoxy) is 1. The summed E-state index contributed by atoms with van der Waals surface area (Å²) in [7, 11) is 0. The molecule has 0 atom stereocenters. The number of thiophene rings is 1. The van der Waals surface area contributed by atoms with Gasteiger partial charge in [-0.1, -0.05) is 12.1 Å². The molecule has 1 aromatic heterocycles. The lowest BCUT2D eigenvalue weighted by Crippen LogP contribution is -2.24. The van der Waals surface area contributed by atoms with E-state index < -0.39 is 0 Å². The summed E-state index contributed by atoms with van der Waals surface area (Å²) in [4.78, 5) is 13.9. The van der Waals surface area contributed by atoms with E-state index in [9.17, 15) is 14.3 Å². The molecule has 1 aliphatic carbocycles. The summed E-state index contributed by atoms with van der Waals surface area (Å²) >= 11 is 1.52. The number of aliphatic hydroxyl groups excluding tert-OH is 1. The topological polar surface area (TPSA) is 58.6 Å².